The van der Waals surface area contributed by atoms with Crippen molar-refractivity contribution in [2.75, 3.05) is 13.2 Å². The van der Waals surface area contributed by atoms with Crippen molar-refractivity contribution in [1.82, 2.24) is 0 Å². The molecule has 0 fully saturated rings. The number of carboxylic acids is 1. The van der Waals surface area contributed by atoms with Gasteiger partial charge in [-0.15, -0.1) is 0 Å². The molecule has 0 aliphatic heterocycles. The van der Waals surface area contributed by atoms with Crippen molar-refractivity contribution in [1.29, 1.82) is 0 Å². The summed E-state index contributed by atoms with van der Waals surface area (Å²) in [6.45, 7) is 1.62. The predicted octanol–water partition coefficient (Wildman–Crippen LogP) is 4.48. The van der Waals surface area contributed by atoms with Crippen LogP contribution in [0.15, 0.2) is 71.2 Å². The molecule has 1 N–H and O–H groups in total. The Morgan fingerprint density at radius 2 is 1.61 bits per heavy atom. The van der Waals surface area contributed by atoms with Gasteiger partial charge in [-0.05, 0) is 67.6 Å². The van der Waals surface area contributed by atoms with Crippen LogP contribution in [-0.2, 0) is 9.53 Å². The average molecular weight is 420 g/mol. The number of ketones is 1. The van der Waals surface area contributed by atoms with Gasteiger partial charge in [0, 0.05) is 11.1 Å². The van der Waals surface area contributed by atoms with E-state index in [9.17, 15) is 14.4 Å². The summed E-state index contributed by atoms with van der Waals surface area (Å²) in [5.74, 6) is -0.219. The second-order valence-corrected chi connectivity index (χ2v) is 6.40. The number of rotatable bonds is 9. The summed E-state index contributed by atoms with van der Waals surface area (Å²) < 4.78 is 15.7. The fourth-order valence-electron chi connectivity index (χ4n) is 2.70. The predicted molar refractivity (Wildman–Crippen MR) is 113 cm³/mol. The zero-order chi connectivity index (χ0) is 22.2. The topological polar surface area (TPSA) is 103 Å². The van der Waals surface area contributed by atoms with Crippen LogP contribution in [0.3, 0.4) is 0 Å². The molecule has 0 saturated heterocycles. The SMILES string of the molecule is CCOC(=O)c1ccc(-c2ccc(/C=C/C(=O)c3ccc(OCC(=O)O)cc3)o2)cc1. The lowest BCUT2D eigenvalue weighted by molar-refractivity contribution is -0.139. The Labute approximate surface area is 178 Å². The van der Waals surface area contributed by atoms with Gasteiger partial charge in [0.05, 0.1) is 12.2 Å². The van der Waals surface area contributed by atoms with Crippen LogP contribution in [0.25, 0.3) is 17.4 Å². The molecule has 31 heavy (non-hydrogen) atoms. The van der Waals surface area contributed by atoms with Gasteiger partial charge < -0.3 is 19.0 Å². The van der Waals surface area contributed by atoms with Crippen molar-refractivity contribution in [3.8, 4) is 17.1 Å². The molecule has 3 rings (SSSR count). The first kappa shape index (κ1) is 21.6. The van der Waals surface area contributed by atoms with Gasteiger partial charge in [0.2, 0.25) is 0 Å². The van der Waals surface area contributed by atoms with Crippen molar-refractivity contribution in [2.45, 2.75) is 6.92 Å². The number of allylic oxidation sites excluding steroid dienone is 1. The number of hydrogen-bond acceptors (Lipinski definition) is 6. The lowest BCUT2D eigenvalue weighted by atomic mass is 10.1. The number of carbonyl (C=O) groups excluding carboxylic acids is 2. The molecule has 0 unspecified atom stereocenters. The maximum atomic E-state index is 12.3. The lowest BCUT2D eigenvalue weighted by Gasteiger charge is -2.03. The third-order valence-electron chi connectivity index (χ3n) is 4.21. The largest absolute Gasteiger partial charge is 0.482 e. The Morgan fingerprint density at radius 1 is 0.935 bits per heavy atom. The van der Waals surface area contributed by atoms with Crippen molar-refractivity contribution in [2.24, 2.45) is 0 Å². The zero-order valence-corrected chi connectivity index (χ0v) is 16.7. The summed E-state index contributed by atoms with van der Waals surface area (Å²) >= 11 is 0. The Morgan fingerprint density at radius 3 is 2.26 bits per heavy atom. The molecule has 2 aromatic carbocycles. The van der Waals surface area contributed by atoms with Gasteiger partial charge in [-0.2, -0.15) is 0 Å². The van der Waals surface area contributed by atoms with E-state index in [4.69, 9.17) is 19.0 Å². The number of hydrogen-bond donors (Lipinski definition) is 1. The van der Waals surface area contributed by atoms with Gasteiger partial charge in [-0.3, -0.25) is 4.79 Å². The summed E-state index contributed by atoms with van der Waals surface area (Å²) in [5.41, 5.74) is 1.68. The van der Waals surface area contributed by atoms with E-state index in [1.807, 2.05) is 0 Å². The smallest absolute Gasteiger partial charge is 0.341 e. The van der Waals surface area contributed by atoms with Gasteiger partial charge in [0.1, 0.15) is 17.3 Å². The number of ether oxygens (including phenoxy) is 2. The summed E-state index contributed by atoms with van der Waals surface area (Å²) in [6.07, 6.45) is 2.95. The third-order valence-corrected chi connectivity index (χ3v) is 4.21. The highest BCUT2D eigenvalue weighted by atomic mass is 16.5. The molecule has 0 amide bonds. The monoisotopic (exact) mass is 420 g/mol. The number of carboxylic acid groups (broad SMARTS) is 1. The van der Waals surface area contributed by atoms with E-state index < -0.39 is 12.6 Å². The molecular weight excluding hydrogens is 400 g/mol. The molecule has 158 valence electrons. The van der Waals surface area contributed by atoms with Gasteiger partial charge in [0.15, 0.2) is 12.4 Å². The van der Waals surface area contributed by atoms with E-state index in [2.05, 4.69) is 0 Å². The minimum absolute atomic E-state index is 0.235. The number of benzene rings is 2. The van der Waals surface area contributed by atoms with Crippen molar-refractivity contribution in [3.05, 3.63) is 83.6 Å². The molecule has 1 aromatic heterocycles. The molecule has 1 heterocycles. The molecule has 0 radical (unpaired) electrons. The first-order valence-electron chi connectivity index (χ1n) is 9.50. The Balaban J connectivity index is 1.63. The highest BCUT2D eigenvalue weighted by Gasteiger charge is 2.09. The Hall–Kier alpha value is -4.13. The van der Waals surface area contributed by atoms with Crippen LogP contribution in [0.2, 0.25) is 0 Å². The van der Waals surface area contributed by atoms with Crippen LogP contribution in [0.1, 0.15) is 33.4 Å². The third kappa shape index (κ3) is 5.93. The molecule has 7 nitrogen and oxygen atoms in total. The van der Waals surface area contributed by atoms with E-state index in [-0.39, 0.29) is 11.8 Å². The number of esters is 1. The Bertz CT molecular complexity index is 1090. The fraction of sp³-hybridized carbons (Fsp3) is 0.125. The summed E-state index contributed by atoms with van der Waals surface area (Å²) in [7, 11) is 0. The van der Waals surface area contributed by atoms with Crippen LogP contribution in [-0.4, -0.2) is 36.0 Å². The summed E-state index contributed by atoms with van der Waals surface area (Å²) in [6, 6.07) is 16.6. The first-order valence-corrected chi connectivity index (χ1v) is 9.50. The highest BCUT2D eigenvalue weighted by molar-refractivity contribution is 6.06. The molecule has 0 atom stereocenters. The average Bonchev–Trinajstić information content (AvgIpc) is 3.26. The van der Waals surface area contributed by atoms with Crippen molar-refractivity contribution >= 4 is 23.8 Å². The maximum Gasteiger partial charge on any atom is 0.341 e. The van der Waals surface area contributed by atoms with Crippen LogP contribution in [0, 0.1) is 0 Å². The molecular formula is C24H20O7. The van der Waals surface area contributed by atoms with E-state index in [0.717, 1.165) is 5.56 Å². The molecule has 7 heteroatoms. The summed E-state index contributed by atoms with van der Waals surface area (Å²) in [4.78, 5) is 34.6. The van der Waals surface area contributed by atoms with Gasteiger partial charge >= 0.3 is 11.9 Å². The Kier molecular flexibility index (Phi) is 7.01. The quantitative estimate of drug-likeness (QED) is 0.309. The minimum atomic E-state index is -1.07. The van der Waals surface area contributed by atoms with Crippen LogP contribution >= 0.6 is 0 Å². The molecule has 3 aromatic rings. The fourth-order valence-corrected chi connectivity index (χ4v) is 2.70. The molecule has 0 aliphatic rings. The maximum absolute atomic E-state index is 12.3. The number of aliphatic carboxylic acids is 1. The number of carbonyl (C=O) groups is 3. The number of furan rings is 1. The molecule has 0 bridgehead atoms. The normalized spacial score (nSPS) is 10.7. The van der Waals surface area contributed by atoms with Crippen LogP contribution in [0.4, 0.5) is 0 Å². The van der Waals surface area contributed by atoms with E-state index >= 15 is 0 Å². The van der Waals surface area contributed by atoms with E-state index in [1.165, 1.54) is 18.2 Å². The first-order chi connectivity index (χ1) is 15.0. The van der Waals surface area contributed by atoms with Gasteiger partial charge in [-0.1, -0.05) is 12.1 Å². The molecule has 0 aliphatic carbocycles. The lowest BCUT2D eigenvalue weighted by Crippen LogP contribution is -2.09. The minimum Gasteiger partial charge on any atom is -0.482 e. The van der Waals surface area contributed by atoms with Crippen molar-refractivity contribution in [3.63, 3.8) is 0 Å². The van der Waals surface area contributed by atoms with Crippen LogP contribution in [0.5, 0.6) is 5.75 Å². The second kappa shape index (κ2) is 10.1. The molecule has 0 saturated carbocycles. The second-order valence-electron chi connectivity index (χ2n) is 6.40. The molecule has 0 spiro atoms. The van der Waals surface area contributed by atoms with Gasteiger partial charge in [0.25, 0.3) is 0 Å². The van der Waals surface area contributed by atoms with E-state index in [1.54, 1.807) is 61.5 Å². The van der Waals surface area contributed by atoms with E-state index in [0.29, 0.717) is 35.0 Å². The summed E-state index contributed by atoms with van der Waals surface area (Å²) in [5, 5.41) is 8.61. The standard InChI is InChI=1S/C24H20O7/c1-2-29-24(28)18-5-3-17(4-6-18)22-14-12-20(31-22)11-13-21(25)16-7-9-19(10-8-16)30-15-23(26)27/h3-14H,2,15H2,1H3,(H,26,27)/b13-11+. The zero-order valence-electron chi connectivity index (χ0n) is 16.7. The van der Waals surface area contributed by atoms with Crippen molar-refractivity contribution < 1.29 is 33.4 Å². The highest BCUT2D eigenvalue weighted by Crippen LogP contribution is 2.24. The van der Waals surface area contributed by atoms with Crippen LogP contribution < -0.4 is 4.74 Å². The van der Waals surface area contributed by atoms with Gasteiger partial charge in [-0.25, -0.2) is 9.59 Å².